The number of hydrogen-bond acceptors (Lipinski definition) is 10. The maximum absolute atomic E-state index is 13.0. The second-order valence-corrected chi connectivity index (χ2v) is 14.1. The van der Waals surface area contributed by atoms with Gasteiger partial charge in [-0.3, -0.25) is 4.79 Å². The molecule has 0 heterocycles. The number of rotatable bonds is 23. The van der Waals surface area contributed by atoms with Gasteiger partial charge < -0.3 is 33.2 Å². The largest absolute Gasteiger partial charge is 0.463 e. The first-order valence-electron chi connectivity index (χ1n) is 19.1. The van der Waals surface area contributed by atoms with Crippen molar-refractivity contribution < 1.29 is 47.5 Å². The molecule has 0 spiro atoms. The highest BCUT2D eigenvalue weighted by atomic mass is 16.7. The van der Waals surface area contributed by atoms with Gasteiger partial charge in [-0.25, -0.2) is 9.59 Å². The summed E-state index contributed by atoms with van der Waals surface area (Å²) in [6.07, 6.45) is 19.5. The molecule has 3 aliphatic rings. The number of hydrogen-bond donors (Lipinski definition) is 0. The van der Waals surface area contributed by atoms with E-state index in [2.05, 4.69) is 27.0 Å². The third-order valence-corrected chi connectivity index (χ3v) is 10.1. The van der Waals surface area contributed by atoms with Crippen LogP contribution in [0, 0.1) is 11.8 Å². The molecule has 0 aliphatic heterocycles. The lowest BCUT2D eigenvalue weighted by atomic mass is 9.85. The van der Waals surface area contributed by atoms with E-state index < -0.39 is 12.3 Å². The van der Waals surface area contributed by atoms with Crippen molar-refractivity contribution in [2.24, 2.45) is 11.8 Å². The summed E-state index contributed by atoms with van der Waals surface area (Å²) in [4.78, 5) is 35.8. The normalized spacial score (nSPS) is 27.8. The molecular formula is C39H64O10. The molecule has 0 aromatic heterocycles. The Hall–Kier alpha value is -2.27. The molecule has 10 heteroatoms. The molecule has 4 unspecified atom stereocenters. The van der Waals surface area contributed by atoms with Gasteiger partial charge in [-0.05, 0) is 102 Å². The van der Waals surface area contributed by atoms with Crippen molar-refractivity contribution in [3.63, 3.8) is 0 Å². The van der Waals surface area contributed by atoms with Gasteiger partial charge in [0.25, 0.3) is 0 Å². The number of carbonyl (C=O) groups excluding carboxylic acids is 3. The van der Waals surface area contributed by atoms with Gasteiger partial charge in [-0.1, -0.05) is 46.3 Å². The van der Waals surface area contributed by atoms with E-state index in [9.17, 15) is 14.4 Å². The van der Waals surface area contributed by atoms with E-state index in [-0.39, 0.29) is 61.1 Å². The minimum Gasteiger partial charge on any atom is -0.463 e. The molecule has 0 bridgehead atoms. The van der Waals surface area contributed by atoms with E-state index in [0.717, 1.165) is 122 Å². The summed E-state index contributed by atoms with van der Waals surface area (Å²) in [5, 5.41) is 0. The fourth-order valence-electron chi connectivity index (χ4n) is 7.10. The highest BCUT2D eigenvalue weighted by Crippen LogP contribution is 2.33. The number of carbonyl (C=O) groups is 3. The van der Waals surface area contributed by atoms with Gasteiger partial charge in [0, 0.05) is 25.2 Å². The van der Waals surface area contributed by atoms with Crippen LogP contribution in [0.1, 0.15) is 136 Å². The first kappa shape index (κ1) is 41.2. The topological polar surface area (TPSA) is 116 Å². The van der Waals surface area contributed by atoms with Crippen LogP contribution in [0.25, 0.3) is 0 Å². The van der Waals surface area contributed by atoms with Crippen molar-refractivity contribution in [3.05, 3.63) is 25.3 Å². The van der Waals surface area contributed by atoms with E-state index in [1.807, 2.05) is 0 Å². The second-order valence-electron chi connectivity index (χ2n) is 14.1. The third-order valence-electron chi connectivity index (χ3n) is 10.1. The molecule has 0 saturated heterocycles. The van der Waals surface area contributed by atoms with Crippen LogP contribution in [0.3, 0.4) is 0 Å². The predicted octanol–water partition coefficient (Wildman–Crippen LogP) is 7.91. The van der Waals surface area contributed by atoms with Crippen LogP contribution in [0.15, 0.2) is 25.3 Å². The standard InChI is InChI=1S/C39H64O10/c1-5-8-11-14-38(49-37(41)7-3)47-33-21-19-32(20-22-33)45-28-46-35-24-23-34(27-29(35)4)48-39(42)30-15-17-31(18-16-30)43-25-12-9-10-13-26-44-36(40)6-2/h6-7,29-35,38H,2-3,5,8-28H2,1,4H3. The van der Waals surface area contributed by atoms with Gasteiger partial charge in [0.15, 0.2) is 0 Å². The zero-order valence-corrected chi connectivity index (χ0v) is 30.3. The second kappa shape index (κ2) is 24.0. The van der Waals surface area contributed by atoms with Crippen molar-refractivity contribution in [2.45, 2.75) is 173 Å². The van der Waals surface area contributed by atoms with Crippen molar-refractivity contribution in [1.82, 2.24) is 0 Å². The van der Waals surface area contributed by atoms with E-state index in [1.54, 1.807) is 0 Å². The lowest BCUT2D eigenvalue weighted by Gasteiger charge is -2.35. The van der Waals surface area contributed by atoms with Crippen molar-refractivity contribution >= 4 is 17.9 Å². The van der Waals surface area contributed by atoms with Crippen LogP contribution in [-0.2, 0) is 47.5 Å². The Bertz CT molecular complexity index is 969. The van der Waals surface area contributed by atoms with E-state index in [1.165, 1.54) is 12.2 Å². The van der Waals surface area contributed by atoms with Crippen LogP contribution in [-0.4, -0.2) is 74.7 Å². The van der Waals surface area contributed by atoms with E-state index >= 15 is 0 Å². The lowest BCUT2D eigenvalue weighted by Crippen LogP contribution is -2.37. The molecule has 0 amide bonds. The molecule has 4 atom stereocenters. The number of ether oxygens (including phenoxy) is 7. The summed E-state index contributed by atoms with van der Waals surface area (Å²) in [5.41, 5.74) is 0. The highest BCUT2D eigenvalue weighted by molar-refractivity contribution is 5.81. The average molecular weight is 693 g/mol. The first-order valence-corrected chi connectivity index (χ1v) is 19.1. The van der Waals surface area contributed by atoms with Crippen LogP contribution in [0.4, 0.5) is 0 Å². The summed E-state index contributed by atoms with van der Waals surface area (Å²) in [7, 11) is 0. The molecule has 280 valence electrons. The Balaban J connectivity index is 1.21. The Labute approximate surface area is 294 Å². The maximum Gasteiger partial charge on any atom is 0.332 e. The molecule has 10 nitrogen and oxygen atoms in total. The van der Waals surface area contributed by atoms with Gasteiger partial charge >= 0.3 is 17.9 Å². The van der Waals surface area contributed by atoms with Crippen molar-refractivity contribution in [3.8, 4) is 0 Å². The average Bonchev–Trinajstić information content (AvgIpc) is 3.11. The molecular weight excluding hydrogens is 628 g/mol. The molecule has 0 radical (unpaired) electrons. The highest BCUT2D eigenvalue weighted by Gasteiger charge is 2.34. The van der Waals surface area contributed by atoms with Crippen LogP contribution < -0.4 is 0 Å². The fourth-order valence-corrected chi connectivity index (χ4v) is 7.10. The summed E-state index contributed by atoms with van der Waals surface area (Å²) < 4.78 is 40.9. The smallest absolute Gasteiger partial charge is 0.332 e. The van der Waals surface area contributed by atoms with Gasteiger partial charge in [0.2, 0.25) is 6.29 Å². The molecule has 3 saturated carbocycles. The Kier molecular flexibility index (Phi) is 20.2. The molecule has 49 heavy (non-hydrogen) atoms. The summed E-state index contributed by atoms with van der Waals surface area (Å²) in [5.74, 6) is -0.613. The van der Waals surface area contributed by atoms with Gasteiger partial charge in [-0.2, -0.15) is 0 Å². The molecule has 3 aliphatic carbocycles. The van der Waals surface area contributed by atoms with Gasteiger partial charge in [0.1, 0.15) is 12.9 Å². The van der Waals surface area contributed by atoms with E-state index in [0.29, 0.717) is 13.0 Å². The van der Waals surface area contributed by atoms with Crippen LogP contribution in [0.2, 0.25) is 0 Å². The summed E-state index contributed by atoms with van der Waals surface area (Å²) in [6.45, 7) is 12.6. The first-order chi connectivity index (χ1) is 23.8. The van der Waals surface area contributed by atoms with Crippen LogP contribution >= 0.6 is 0 Å². The van der Waals surface area contributed by atoms with Crippen molar-refractivity contribution in [1.29, 1.82) is 0 Å². The minimum atomic E-state index is -0.518. The van der Waals surface area contributed by atoms with Gasteiger partial charge in [0.05, 0.1) is 36.9 Å². The monoisotopic (exact) mass is 692 g/mol. The van der Waals surface area contributed by atoms with E-state index in [4.69, 9.17) is 33.2 Å². The molecule has 0 N–H and O–H groups in total. The van der Waals surface area contributed by atoms with Crippen LogP contribution in [0.5, 0.6) is 0 Å². The van der Waals surface area contributed by atoms with Gasteiger partial charge in [-0.15, -0.1) is 0 Å². The Morgan fingerprint density at radius 2 is 1.33 bits per heavy atom. The minimum absolute atomic E-state index is 0.0367. The number of unbranched alkanes of at least 4 members (excludes halogenated alkanes) is 5. The molecule has 3 fully saturated rings. The molecule has 0 aromatic carbocycles. The SMILES string of the molecule is C=CC(=O)OCCCCCCOC1CCC(C(=O)OC2CCC(OCOC3CCC(OC(CCCCC)OC(=O)C=C)CC3)C(C)C2)CC1. The zero-order valence-electron chi connectivity index (χ0n) is 30.3. The third kappa shape index (κ3) is 16.5. The Morgan fingerprint density at radius 1 is 0.694 bits per heavy atom. The zero-order chi connectivity index (χ0) is 35.3. The summed E-state index contributed by atoms with van der Waals surface area (Å²) in [6, 6.07) is 0. The lowest BCUT2D eigenvalue weighted by molar-refractivity contribution is -0.197. The molecule has 3 rings (SSSR count). The fraction of sp³-hybridized carbons (Fsp3) is 0.821. The van der Waals surface area contributed by atoms with Crippen molar-refractivity contribution in [2.75, 3.05) is 20.0 Å². The maximum atomic E-state index is 13.0. The quantitative estimate of drug-likeness (QED) is 0.0344. The Morgan fingerprint density at radius 3 is 2.00 bits per heavy atom. The number of esters is 3. The predicted molar refractivity (Wildman–Crippen MR) is 186 cm³/mol. The summed E-state index contributed by atoms with van der Waals surface area (Å²) >= 11 is 0. The molecule has 0 aromatic rings.